The molecule has 1 saturated carbocycles. The number of nitrogen functional groups attached to an aromatic ring is 1. The molecule has 0 bridgehead atoms. The molecule has 0 amide bonds. The molecule has 0 atom stereocenters. The van der Waals surface area contributed by atoms with Gasteiger partial charge in [-0.2, -0.15) is 5.10 Å². The van der Waals surface area contributed by atoms with Crippen LogP contribution in [0.2, 0.25) is 0 Å². The molecular weight excluding hydrogens is 226 g/mol. The maximum Gasteiger partial charge on any atom is 0.145 e. The van der Waals surface area contributed by atoms with E-state index in [1.165, 1.54) is 25.7 Å². The zero-order valence-corrected chi connectivity index (χ0v) is 10.2. The molecule has 0 radical (unpaired) electrons. The standard InChI is InChI=1S/C14H17N3O/c15-14-9-13(16-17-14)10-4-3-7-12(8-10)18-11-5-1-2-6-11/h3-4,7-9,11H,1-2,5-6H2,(H3,15,16,17). The van der Waals surface area contributed by atoms with Crippen molar-refractivity contribution < 1.29 is 4.74 Å². The van der Waals surface area contributed by atoms with Crippen molar-refractivity contribution in [2.24, 2.45) is 0 Å². The molecule has 1 heterocycles. The van der Waals surface area contributed by atoms with E-state index in [1.807, 2.05) is 30.3 Å². The molecule has 1 aliphatic rings. The molecule has 1 aliphatic carbocycles. The van der Waals surface area contributed by atoms with Gasteiger partial charge in [-0.1, -0.05) is 12.1 Å². The van der Waals surface area contributed by atoms with Crippen molar-refractivity contribution in [3.63, 3.8) is 0 Å². The number of nitrogens with two attached hydrogens (primary N) is 1. The second kappa shape index (κ2) is 4.72. The van der Waals surface area contributed by atoms with Crippen LogP contribution in [0.3, 0.4) is 0 Å². The van der Waals surface area contributed by atoms with Gasteiger partial charge >= 0.3 is 0 Å². The Morgan fingerprint density at radius 3 is 2.78 bits per heavy atom. The number of nitrogens with zero attached hydrogens (tertiary/aromatic N) is 1. The number of aromatic amines is 1. The molecule has 4 heteroatoms. The van der Waals surface area contributed by atoms with E-state index >= 15 is 0 Å². The monoisotopic (exact) mass is 243 g/mol. The molecule has 0 aliphatic heterocycles. The lowest BCUT2D eigenvalue weighted by Crippen LogP contribution is -2.10. The first-order valence-electron chi connectivity index (χ1n) is 6.39. The second-order valence-electron chi connectivity index (χ2n) is 4.76. The predicted molar refractivity (Wildman–Crippen MR) is 71.3 cm³/mol. The lowest BCUT2D eigenvalue weighted by atomic mass is 10.1. The summed E-state index contributed by atoms with van der Waals surface area (Å²) in [6.07, 6.45) is 5.28. The Hall–Kier alpha value is -1.97. The van der Waals surface area contributed by atoms with Crippen LogP contribution in [0.1, 0.15) is 25.7 Å². The molecule has 0 unspecified atom stereocenters. The van der Waals surface area contributed by atoms with Gasteiger partial charge in [0.2, 0.25) is 0 Å². The van der Waals surface area contributed by atoms with Crippen LogP contribution in [0.15, 0.2) is 30.3 Å². The minimum Gasteiger partial charge on any atom is -0.490 e. The van der Waals surface area contributed by atoms with Gasteiger partial charge in [0.05, 0.1) is 11.8 Å². The molecule has 3 rings (SSSR count). The summed E-state index contributed by atoms with van der Waals surface area (Å²) >= 11 is 0. The van der Waals surface area contributed by atoms with Crippen molar-refractivity contribution in [2.75, 3.05) is 5.73 Å². The number of hydrogen-bond donors (Lipinski definition) is 2. The number of benzene rings is 1. The SMILES string of the molecule is Nc1cc(-c2cccc(OC3CCCC3)c2)[nH]n1. The summed E-state index contributed by atoms with van der Waals surface area (Å²) in [6, 6.07) is 9.88. The Kier molecular flexibility index (Phi) is 2.92. The number of hydrogen-bond acceptors (Lipinski definition) is 3. The molecular formula is C14H17N3O. The highest BCUT2D eigenvalue weighted by Crippen LogP contribution is 2.27. The molecule has 2 aromatic rings. The average Bonchev–Trinajstić information content (AvgIpc) is 3.01. The minimum absolute atomic E-state index is 0.382. The number of aromatic nitrogens is 2. The van der Waals surface area contributed by atoms with Crippen molar-refractivity contribution in [3.8, 4) is 17.0 Å². The fourth-order valence-corrected chi connectivity index (χ4v) is 2.42. The molecule has 3 N–H and O–H groups in total. The van der Waals surface area contributed by atoms with Crippen molar-refractivity contribution in [3.05, 3.63) is 30.3 Å². The summed E-state index contributed by atoms with van der Waals surface area (Å²) in [5.41, 5.74) is 7.58. The van der Waals surface area contributed by atoms with Gasteiger partial charge in [0.25, 0.3) is 0 Å². The Balaban J connectivity index is 1.80. The zero-order valence-electron chi connectivity index (χ0n) is 10.2. The highest BCUT2D eigenvalue weighted by Gasteiger charge is 2.16. The fraction of sp³-hybridized carbons (Fsp3) is 0.357. The number of H-pyrrole nitrogens is 1. The average molecular weight is 243 g/mol. The molecule has 1 aromatic carbocycles. The Labute approximate surface area is 106 Å². The molecule has 18 heavy (non-hydrogen) atoms. The van der Waals surface area contributed by atoms with E-state index in [-0.39, 0.29) is 0 Å². The largest absolute Gasteiger partial charge is 0.490 e. The van der Waals surface area contributed by atoms with E-state index < -0.39 is 0 Å². The smallest absolute Gasteiger partial charge is 0.145 e. The molecule has 1 fully saturated rings. The zero-order chi connectivity index (χ0) is 12.4. The van der Waals surface area contributed by atoms with E-state index in [1.54, 1.807) is 0 Å². The maximum atomic E-state index is 5.98. The van der Waals surface area contributed by atoms with E-state index in [0.717, 1.165) is 17.0 Å². The number of nitrogens with one attached hydrogen (secondary N) is 1. The van der Waals surface area contributed by atoms with E-state index in [0.29, 0.717) is 11.9 Å². The Morgan fingerprint density at radius 2 is 2.06 bits per heavy atom. The van der Waals surface area contributed by atoms with Gasteiger partial charge in [0.1, 0.15) is 11.6 Å². The Bertz CT molecular complexity index is 529. The minimum atomic E-state index is 0.382. The first-order chi connectivity index (χ1) is 8.81. The van der Waals surface area contributed by atoms with Crippen LogP contribution in [0.25, 0.3) is 11.3 Å². The highest BCUT2D eigenvalue weighted by molar-refractivity contribution is 5.63. The van der Waals surface area contributed by atoms with Crippen LogP contribution in [0.4, 0.5) is 5.82 Å². The maximum absolute atomic E-state index is 5.98. The van der Waals surface area contributed by atoms with Crippen LogP contribution >= 0.6 is 0 Å². The first kappa shape index (κ1) is 11.1. The van der Waals surface area contributed by atoms with Gasteiger partial charge in [-0.15, -0.1) is 0 Å². The summed E-state index contributed by atoms with van der Waals surface area (Å²) < 4.78 is 5.98. The Morgan fingerprint density at radius 1 is 1.22 bits per heavy atom. The van der Waals surface area contributed by atoms with Crippen molar-refractivity contribution in [1.29, 1.82) is 0 Å². The highest BCUT2D eigenvalue weighted by atomic mass is 16.5. The van der Waals surface area contributed by atoms with Crippen LogP contribution < -0.4 is 10.5 Å². The van der Waals surface area contributed by atoms with Gasteiger partial charge < -0.3 is 10.5 Å². The van der Waals surface area contributed by atoms with Crippen molar-refractivity contribution in [2.45, 2.75) is 31.8 Å². The lowest BCUT2D eigenvalue weighted by Gasteiger charge is -2.13. The fourth-order valence-electron chi connectivity index (χ4n) is 2.42. The van der Waals surface area contributed by atoms with Gasteiger partial charge in [-0.05, 0) is 37.8 Å². The summed E-state index contributed by atoms with van der Waals surface area (Å²) in [5, 5.41) is 6.85. The lowest BCUT2D eigenvalue weighted by molar-refractivity contribution is 0.210. The normalized spacial score (nSPS) is 16.0. The molecule has 94 valence electrons. The number of rotatable bonds is 3. The van der Waals surface area contributed by atoms with Crippen LogP contribution in [-0.4, -0.2) is 16.3 Å². The van der Waals surface area contributed by atoms with Gasteiger partial charge in [-0.25, -0.2) is 0 Å². The molecule has 0 saturated heterocycles. The van der Waals surface area contributed by atoms with Gasteiger partial charge in [-0.3, -0.25) is 5.10 Å². The topological polar surface area (TPSA) is 63.9 Å². The van der Waals surface area contributed by atoms with Crippen LogP contribution in [-0.2, 0) is 0 Å². The quantitative estimate of drug-likeness (QED) is 0.871. The summed E-state index contributed by atoms with van der Waals surface area (Å²) in [6.45, 7) is 0. The molecule has 4 nitrogen and oxygen atoms in total. The summed E-state index contributed by atoms with van der Waals surface area (Å²) in [7, 11) is 0. The molecule has 0 spiro atoms. The third kappa shape index (κ3) is 2.32. The number of ether oxygens (including phenoxy) is 1. The first-order valence-corrected chi connectivity index (χ1v) is 6.39. The summed E-state index contributed by atoms with van der Waals surface area (Å²) in [5.74, 6) is 1.43. The second-order valence-corrected chi connectivity index (χ2v) is 4.76. The third-order valence-corrected chi connectivity index (χ3v) is 3.35. The van der Waals surface area contributed by atoms with Crippen molar-refractivity contribution in [1.82, 2.24) is 10.2 Å². The number of anilines is 1. The van der Waals surface area contributed by atoms with E-state index in [4.69, 9.17) is 10.5 Å². The van der Waals surface area contributed by atoms with Gasteiger partial charge in [0.15, 0.2) is 0 Å². The van der Waals surface area contributed by atoms with Gasteiger partial charge in [0, 0.05) is 11.6 Å². The summed E-state index contributed by atoms with van der Waals surface area (Å²) in [4.78, 5) is 0. The van der Waals surface area contributed by atoms with Crippen LogP contribution in [0, 0.1) is 0 Å². The van der Waals surface area contributed by atoms with E-state index in [9.17, 15) is 0 Å². The predicted octanol–water partition coefficient (Wildman–Crippen LogP) is 2.98. The van der Waals surface area contributed by atoms with Crippen molar-refractivity contribution >= 4 is 5.82 Å². The third-order valence-electron chi connectivity index (χ3n) is 3.35. The van der Waals surface area contributed by atoms with E-state index in [2.05, 4.69) is 10.2 Å². The molecule has 1 aromatic heterocycles. The van der Waals surface area contributed by atoms with Crippen LogP contribution in [0.5, 0.6) is 5.75 Å².